The van der Waals surface area contributed by atoms with Gasteiger partial charge in [0.05, 0.1) is 0 Å². The number of ether oxygens (including phenoxy) is 1. The molecule has 56 valence electrons. The van der Waals surface area contributed by atoms with Gasteiger partial charge in [-0.2, -0.15) is 0 Å². The van der Waals surface area contributed by atoms with Gasteiger partial charge in [-0.05, 0) is 19.3 Å². The normalized spacial score (nSPS) is 28.6. The molecular weight excluding hydrogens is 130 g/mol. The maximum absolute atomic E-state index is 10.7. The van der Waals surface area contributed by atoms with Gasteiger partial charge < -0.3 is 10.1 Å². The first-order chi connectivity index (χ1) is 4.81. The molecule has 1 spiro atoms. The van der Waals surface area contributed by atoms with Gasteiger partial charge in [-0.3, -0.25) is 0 Å². The number of rotatable bonds is 0. The van der Waals surface area contributed by atoms with E-state index in [2.05, 4.69) is 5.32 Å². The molecule has 0 radical (unpaired) electrons. The van der Waals surface area contributed by atoms with Gasteiger partial charge in [0.25, 0.3) is 0 Å². The molecule has 0 bridgehead atoms. The molecule has 3 heteroatoms. The van der Waals surface area contributed by atoms with Crippen molar-refractivity contribution in [3.63, 3.8) is 0 Å². The molecule has 10 heavy (non-hydrogen) atoms. The fraction of sp³-hybridized carbons (Fsp3) is 0.857. The van der Waals surface area contributed by atoms with Crippen LogP contribution in [0.15, 0.2) is 0 Å². The number of hydrogen-bond donors (Lipinski definition) is 1. The van der Waals surface area contributed by atoms with Crippen LogP contribution in [0.3, 0.4) is 0 Å². The molecule has 1 amide bonds. The second-order valence-electron chi connectivity index (χ2n) is 3.10. The minimum absolute atomic E-state index is 0.0394. The fourth-order valence-corrected chi connectivity index (χ4v) is 1.60. The van der Waals surface area contributed by atoms with Crippen LogP contribution in [0.25, 0.3) is 0 Å². The van der Waals surface area contributed by atoms with Crippen molar-refractivity contribution in [2.45, 2.75) is 31.3 Å². The van der Waals surface area contributed by atoms with E-state index in [-0.39, 0.29) is 11.7 Å². The summed E-state index contributed by atoms with van der Waals surface area (Å²) in [4.78, 5) is 10.7. The number of carbonyl (C=O) groups is 1. The minimum Gasteiger partial charge on any atom is -0.443 e. The third-order valence-corrected chi connectivity index (χ3v) is 2.42. The lowest BCUT2D eigenvalue weighted by Crippen LogP contribution is -2.51. The molecule has 0 atom stereocenters. The molecule has 1 saturated carbocycles. The third kappa shape index (κ3) is 0.770. The van der Waals surface area contributed by atoms with E-state index < -0.39 is 0 Å². The van der Waals surface area contributed by atoms with Crippen LogP contribution in [-0.2, 0) is 4.74 Å². The Balaban J connectivity index is 2.02. The molecular formula is C7H11NO2. The Morgan fingerprint density at radius 2 is 2.20 bits per heavy atom. The molecule has 1 N–H and O–H groups in total. The summed E-state index contributed by atoms with van der Waals surface area (Å²) in [5, 5.41) is 2.64. The van der Waals surface area contributed by atoms with Crippen LogP contribution >= 0.6 is 0 Å². The standard InChI is InChI=1S/C7H11NO2/c9-6-8-5-4-7(10-6)2-1-3-7/h1-5H2,(H,8,9). The second-order valence-corrected chi connectivity index (χ2v) is 3.10. The van der Waals surface area contributed by atoms with E-state index in [4.69, 9.17) is 4.74 Å². The molecule has 1 aliphatic carbocycles. The molecule has 0 aromatic rings. The van der Waals surface area contributed by atoms with Crippen molar-refractivity contribution in [1.82, 2.24) is 5.32 Å². The first-order valence-corrected chi connectivity index (χ1v) is 3.78. The highest BCUT2D eigenvalue weighted by molar-refractivity contribution is 5.68. The largest absolute Gasteiger partial charge is 0.443 e. The molecule has 3 nitrogen and oxygen atoms in total. The predicted octanol–water partition coefficient (Wildman–Crippen LogP) is 1.04. The van der Waals surface area contributed by atoms with Gasteiger partial charge in [0, 0.05) is 13.0 Å². The van der Waals surface area contributed by atoms with E-state index in [9.17, 15) is 4.79 Å². The van der Waals surface area contributed by atoms with Crippen LogP contribution in [0, 0.1) is 0 Å². The van der Waals surface area contributed by atoms with E-state index in [1.165, 1.54) is 6.42 Å². The van der Waals surface area contributed by atoms with Crippen molar-refractivity contribution in [3.8, 4) is 0 Å². The smallest absolute Gasteiger partial charge is 0.407 e. The van der Waals surface area contributed by atoms with Gasteiger partial charge in [0.15, 0.2) is 0 Å². The Bertz CT molecular complexity index is 163. The van der Waals surface area contributed by atoms with Gasteiger partial charge in [-0.1, -0.05) is 0 Å². The Labute approximate surface area is 59.7 Å². The Morgan fingerprint density at radius 3 is 2.60 bits per heavy atom. The van der Waals surface area contributed by atoms with E-state index >= 15 is 0 Å². The molecule has 0 aromatic carbocycles. The maximum atomic E-state index is 10.7. The summed E-state index contributed by atoms with van der Waals surface area (Å²) in [7, 11) is 0. The molecule has 1 heterocycles. The van der Waals surface area contributed by atoms with Crippen LogP contribution in [0.5, 0.6) is 0 Å². The van der Waals surface area contributed by atoms with E-state index in [0.29, 0.717) is 0 Å². The molecule has 2 aliphatic rings. The van der Waals surface area contributed by atoms with Crippen LogP contribution < -0.4 is 5.32 Å². The third-order valence-electron chi connectivity index (χ3n) is 2.42. The van der Waals surface area contributed by atoms with E-state index in [1.54, 1.807) is 0 Å². The Morgan fingerprint density at radius 1 is 1.40 bits per heavy atom. The summed E-state index contributed by atoms with van der Waals surface area (Å²) in [6.07, 6.45) is 4.12. The quantitative estimate of drug-likeness (QED) is 0.547. The predicted molar refractivity (Wildman–Crippen MR) is 35.7 cm³/mol. The fourth-order valence-electron chi connectivity index (χ4n) is 1.60. The SMILES string of the molecule is O=C1NCCC2(CCC2)O1. The zero-order valence-electron chi connectivity index (χ0n) is 5.85. The monoisotopic (exact) mass is 141 g/mol. The molecule has 1 saturated heterocycles. The zero-order chi connectivity index (χ0) is 7.03. The zero-order valence-corrected chi connectivity index (χ0v) is 5.85. The highest BCUT2D eigenvalue weighted by Gasteiger charge is 2.42. The highest BCUT2D eigenvalue weighted by Crippen LogP contribution is 2.39. The number of nitrogens with one attached hydrogen (secondary N) is 1. The molecule has 2 rings (SSSR count). The van der Waals surface area contributed by atoms with Crippen LogP contribution in [-0.4, -0.2) is 18.2 Å². The molecule has 1 aliphatic heterocycles. The van der Waals surface area contributed by atoms with Crippen molar-refractivity contribution in [2.24, 2.45) is 0 Å². The lowest BCUT2D eigenvalue weighted by molar-refractivity contribution is -0.0673. The van der Waals surface area contributed by atoms with Gasteiger partial charge >= 0.3 is 6.09 Å². The first-order valence-electron chi connectivity index (χ1n) is 3.78. The number of amides is 1. The summed E-state index contributed by atoms with van der Waals surface area (Å²) < 4.78 is 5.16. The second kappa shape index (κ2) is 1.87. The van der Waals surface area contributed by atoms with E-state index in [0.717, 1.165) is 25.8 Å². The lowest BCUT2D eigenvalue weighted by Gasteiger charge is -2.43. The van der Waals surface area contributed by atoms with Crippen molar-refractivity contribution in [1.29, 1.82) is 0 Å². The Hall–Kier alpha value is -0.730. The molecule has 0 unspecified atom stereocenters. The molecule has 2 fully saturated rings. The van der Waals surface area contributed by atoms with Gasteiger partial charge in [0.1, 0.15) is 5.60 Å². The van der Waals surface area contributed by atoms with Crippen molar-refractivity contribution >= 4 is 6.09 Å². The summed E-state index contributed by atoms with van der Waals surface area (Å²) in [6.45, 7) is 0.791. The van der Waals surface area contributed by atoms with Crippen LogP contribution in [0.1, 0.15) is 25.7 Å². The molecule has 0 aromatic heterocycles. The highest BCUT2D eigenvalue weighted by atomic mass is 16.6. The average Bonchev–Trinajstić information content (AvgIpc) is 1.85. The van der Waals surface area contributed by atoms with Gasteiger partial charge in [0.2, 0.25) is 0 Å². The minimum atomic E-state index is -0.231. The first kappa shape index (κ1) is 6.01. The summed E-state index contributed by atoms with van der Waals surface area (Å²) in [5.74, 6) is 0. The summed E-state index contributed by atoms with van der Waals surface area (Å²) in [6, 6.07) is 0. The van der Waals surface area contributed by atoms with Gasteiger partial charge in [-0.15, -0.1) is 0 Å². The topological polar surface area (TPSA) is 38.3 Å². The van der Waals surface area contributed by atoms with E-state index in [1.807, 2.05) is 0 Å². The summed E-state index contributed by atoms with van der Waals surface area (Å²) >= 11 is 0. The maximum Gasteiger partial charge on any atom is 0.407 e. The van der Waals surface area contributed by atoms with Crippen molar-refractivity contribution in [3.05, 3.63) is 0 Å². The Kier molecular flexibility index (Phi) is 1.13. The van der Waals surface area contributed by atoms with Crippen molar-refractivity contribution in [2.75, 3.05) is 6.54 Å². The number of hydrogen-bond acceptors (Lipinski definition) is 2. The van der Waals surface area contributed by atoms with Crippen LogP contribution in [0.4, 0.5) is 4.79 Å². The lowest BCUT2D eigenvalue weighted by atomic mass is 9.77. The number of alkyl carbamates (subject to hydrolysis) is 1. The van der Waals surface area contributed by atoms with Gasteiger partial charge in [-0.25, -0.2) is 4.79 Å². The summed E-state index contributed by atoms with van der Waals surface area (Å²) in [5.41, 5.74) is -0.0394. The number of carbonyl (C=O) groups excluding carboxylic acids is 1. The average molecular weight is 141 g/mol. The van der Waals surface area contributed by atoms with Crippen molar-refractivity contribution < 1.29 is 9.53 Å². The van der Waals surface area contributed by atoms with Crippen LogP contribution in [0.2, 0.25) is 0 Å².